The Bertz CT molecular complexity index is 1060. The van der Waals surface area contributed by atoms with Crippen LogP contribution in [0.1, 0.15) is 41.2 Å². The van der Waals surface area contributed by atoms with E-state index in [4.69, 9.17) is 4.74 Å². The summed E-state index contributed by atoms with van der Waals surface area (Å²) in [5, 5.41) is 10.7. The third-order valence-corrected chi connectivity index (χ3v) is 4.58. The van der Waals surface area contributed by atoms with E-state index in [1.54, 1.807) is 29.7 Å². The fourth-order valence-electron chi connectivity index (χ4n) is 3.28. The number of nitrogens with zero attached hydrogens (tertiary/aromatic N) is 4. The molecule has 0 aliphatic carbocycles. The van der Waals surface area contributed by atoms with E-state index in [1.165, 1.54) is 6.08 Å². The maximum Gasteiger partial charge on any atom is 0.340 e. The van der Waals surface area contributed by atoms with Gasteiger partial charge in [0.25, 0.3) is 5.91 Å². The fourth-order valence-corrected chi connectivity index (χ4v) is 3.28. The van der Waals surface area contributed by atoms with Gasteiger partial charge < -0.3 is 9.30 Å². The molecule has 1 amide bonds. The van der Waals surface area contributed by atoms with Crippen molar-refractivity contribution in [1.82, 2.24) is 19.2 Å². The zero-order valence-electron chi connectivity index (χ0n) is 16.4. The van der Waals surface area contributed by atoms with Crippen LogP contribution >= 0.6 is 0 Å². The van der Waals surface area contributed by atoms with Gasteiger partial charge in [0.2, 0.25) is 5.95 Å². The molecule has 3 rings (SSSR count). The number of hydrogen-bond acceptors (Lipinski definition) is 5. The Kier molecular flexibility index (Phi) is 5.58. The number of pyridine rings is 1. The minimum atomic E-state index is -0.390. The first-order valence-electron chi connectivity index (χ1n) is 9.13. The van der Waals surface area contributed by atoms with Crippen molar-refractivity contribution < 1.29 is 14.3 Å². The summed E-state index contributed by atoms with van der Waals surface area (Å²) in [7, 11) is 0. The van der Waals surface area contributed by atoms with Crippen LogP contribution in [0.2, 0.25) is 0 Å². The van der Waals surface area contributed by atoms with Crippen LogP contribution in [0.15, 0.2) is 30.5 Å². The Morgan fingerprint density at radius 3 is 2.68 bits per heavy atom. The molecule has 0 atom stereocenters. The van der Waals surface area contributed by atoms with Gasteiger partial charge in [-0.1, -0.05) is 6.07 Å². The number of ether oxygens (including phenoxy) is 1. The van der Waals surface area contributed by atoms with Crippen molar-refractivity contribution in [3.05, 3.63) is 53.0 Å². The number of aromatic nitrogens is 4. The summed E-state index contributed by atoms with van der Waals surface area (Å²) >= 11 is 0. The molecule has 1 N–H and O–H groups in total. The lowest BCUT2D eigenvalue weighted by Crippen LogP contribution is -2.11. The maximum atomic E-state index is 12.4. The number of esters is 1. The molecule has 8 nitrogen and oxygen atoms in total. The van der Waals surface area contributed by atoms with Gasteiger partial charge in [-0.3, -0.25) is 14.5 Å². The molecular weight excluding hydrogens is 358 g/mol. The van der Waals surface area contributed by atoms with E-state index >= 15 is 0 Å². The second-order valence-corrected chi connectivity index (χ2v) is 6.20. The van der Waals surface area contributed by atoms with Gasteiger partial charge >= 0.3 is 5.97 Å². The van der Waals surface area contributed by atoms with E-state index < -0.39 is 0 Å². The molecule has 3 aromatic rings. The van der Waals surface area contributed by atoms with Crippen molar-refractivity contribution in [3.63, 3.8) is 0 Å². The number of carbonyl (C=O) groups excluding carboxylic acids is 2. The van der Waals surface area contributed by atoms with E-state index in [0.29, 0.717) is 22.7 Å². The molecule has 3 aromatic heterocycles. The Morgan fingerprint density at radius 2 is 1.96 bits per heavy atom. The maximum absolute atomic E-state index is 12.4. The lowest BCUT2D eigenvalue weighted by Gasteiger charge is -2.05. The number of rotatable bonds is 6. The minimum Gasteiger partial charge on any atom is -0.462 e. The summed E-state index contributed by atoms with van der Waals surface area (Å²) in [5.41, 5.74) is 3.53. The third kappa shape index (κ3) is 3.53. The van der Waals surface area contributed by atoms with Crippen LogP contribution in [-0.4, -0.2) is 37.6 Å². The summed E-state index contributed by atoms with van der Waals surface area (Å²) in [6.07, 6.45) is 4.79. The topological polar surface area (TPSA) is 90.5 Å². The first-order valence-corrected chi connectivity index (χ1v) is 9.13. The van der Waals surface area contributed by atoms with Crippen LogP contribution in [-0.2, 0) is 16.1 Å². The van der Waals surface area contributed by atoms with Crippen LogP contribution in [0.25, 0.3) is 11.7 Å². The molecule has 0 bridgehead atoms. The Morgan fingerprint density at radius 1 is 1.18 bits per heavy atom. The minimum absolute atomic E-state index is 0.290. The van der Waals surface area contributed by atoms with Crippen molar-refractivity contribution >= 4 is 29.5 Å². The largest absolute Gasteiger partial charge is 0.462 e. The van der Waals surface area contributed by atoms with Gasteiger partial charge in [0.15, 0.2) is 5.65 Å². The first-order chi connectivity index (χ1) is 13.5. The molecule has 28 heavy (non-hydrogen) atoms. The highest BCUT2D eigenvalue weighted by atomic mass is 16.5. The Labute approximate surface area is 162 Å². The number of amides is 1. The van der Waals surface area contributed by atoms with Crippen molar-refractivity contribution in [2.75, 3.05) is 11.9 Å². The number of nitrogens with one attached hydrogen (secondary N) is 1. The SMILES string of the molecule is CCOC(=O)c1c(/C=C/C(=O)Nc2nnc3ccccn23)c(C)n(CC)c1C. The smallest absolute Gasteiger partial charge is 0.340 e. The van der Waals surface area contributed by atoms with Crippen molar-refractivity contribution in [1.29, 1.82) is 0 Å². The highest BCUT2D eigenvalue weighted by Gasteiger charge is 2.22. The summed E-state index contributed by atoms with van der Waals surface area (Å²) in [6, 6.07) is 5.47. The molecule has 0 spiro atoms. The fraction of sp³-hybridized carbons (Fsp3) is 0.300. The average Bonchev–Trinajstić information content (AvgIpc) is 3.18. The molecule has 146 valence electrons. The standard InChI is InChI=1S/C20H23N5O3/c1-5-24-13(3)15(18(14(24)4)19(27)28-6-2)10-11-17(26)21-20-23-22-16-9-7-8-12-25(16)20/h7-12H,5-6H2,1-4H3,(H,21,23,26)/b11-10+. The molecule has 0 aliphatic rings. The van der Waals surface area contributed by atoms with Crippen molar-refractivity contribution in [2.24, 2.45) is 0 Å². The molecule has 0 saturated heterocycles. The molecule has 3 heterocycles. The Balaban J connectivity index is 1.88. The lowest BCUT2D eigenvalue weighted by molar-refractivity contribution is -0.111. The normalized spacial score (nSPS) is 11.3. The first kappa shape index (κ1) is 19.3. The predicted molar refractivity (Wildman–Crippen MR) is 106 cm³/mol. The highest BCUT2D eigenvalue weighted by molar-refractivity contribution is 6.03. The quantitative estimate of drug-likeness (QED) is 0.524. The summed E-state index contributed by atoms with van der Waals surface area (Å²) in [5.74, 6) is -0.428. The zero-order chi connectivity index (χ0) is 20.3. The predicted octanol–water partition coefficient (Wildman–Crippen LogP) is 3.00. The lowest BCUT2D eigenvalue weighted by atomic mass is 10.1. The van der Waals surface area contributed by atoms with Crippen LogP contribution in [0.4, 0.5) is 5.95 Å². The molecule has 0 aromatic carbocycles. The Hall–Kier alpha value is -3.42. The third-order valence-electron chi connectivity index (χ3n) is 4.58. The molecule has 0 saturated carbocycles. The highest BCUT2D eigenvalue weighted by Crippen LogP contribution is 2.25. The van der Waals surface area contributed by atoms with Gasteiger partial charge in [0.05, 0.1) is 12.2 Å². The summed E-state index contributed by atoms with van der Waals surface area (Å²) in [6.45, 7) is 8.58. The van der Waals surface area contributed by atoms with E-state index in [2.05, 4.69) is 15.5 Å². The monoisotopic (exact) mass is 381 g/mol. The van der Waals surface area contributed by atoms with E-state index in [1.807, 2.05) is 37.5 Å². The second kappa shape index (κ2) is 8.08. The zero-order valence-corrected chi connectivity index (χ0v) is 16.4. The number of hydrogen-bond donors (Lipinski definition) is 1. The van der Waals surface area contributed by atoms with Gasteiger partial charge in [-0.15, -0.1) is 10.2 Å². The van der Waals surface area contributed by atoms with Crippen LogP contribution in [0.3, 0.4) is 0 Å². The van der Waals surface area contributed by atoms with Crippen LogP contribution < -0.4 is 5.32 Å². The van der Waals surface area contributed by atoms with Gasteiger partial charge in [0.1, 0.15) is 0 Å². The van der Waals surface area contributed by atoms with Gasteiger partial charge in [-0.25, -0.2) is 4.79 Å². The second-order valence-electron chi connectivity index (χ2n) is 6.20. The summed E-state index contributed by atoms with van der Waals surface area (Å²) in [4.78, 5) is 24.8. The summed E-state index contributed by atoms with van der Waals surface area (Å²) < 4.78 is 8.90. The van der Waals surface area contributed by atoms with E-state index in [0.717, 1.165) is 17.9 Å². The molecule has 8 heteroatoms. The number of anilines is 1. The van der Waals surface area contributed by atoms with Crippen LogP contribution in [0, 0.1) is 13.8 Å². The van der Waals surface area contributed by atoms with Gasteiger partial charge in [-0.05, 0) is 45.9 Å². The van der Waals surface area contributed by atoms with Gasteiger partial charge in [-0.2, -0.15) is 0 Å². The van der Waals surface area contributed by atoms with Crippen molar-refractivity contribution in [2.45, 2.75) is 34.2 Å². The molecular formula is C20H23N5O3. The molecule has 0 fully saturated rings. The number of carbonyl (C=O) groups is 2. The molecule has 0 radical (unpaired) electrons. The average molecular weight is 381 g/mol. The van der Waals surface area contributed by atoms with Gasteiger partial charge in [0, 0.05) is 35.8 Å². The molecule has 0 unspecified atom stereocenters. The number of fused-ring (bicyclic) bond motifs is 1. The van der Waals surface area contributed by atoms with E-state index in [9.17, 15) is 9.59 Å². The van der Waals surface area contributed by atoms with E-state index in [-0.39, 0.29) is 18.5 Å². The van der Waals surface area contributed by atoms with Crippen LogP contribution in [0.5, 0.6) is 0 Å². The molecule has 0 aliphatic heterocycles. The van der Waals surface area contributed by atoms with Crippen molar-refractivity contribution in [3.8, 4) is 0 Å².